The number of benzene rings is 2. The van der Waals surface area contributed by atoms with Crippen molar-refractivity contribution in [2.45, 2.75) is 79.2 Å². The minimum absolute atomic E-state index is 0.221. The fraction of sp³-hybridized carbons (Fsp3) is 0.406. The Morgan fingerprint density at radius 1 is 1.05 bits per heavy atom. The van der Waals surface area contributed by atoms with Gasteiger partial charge in [-0.3, -0.25) is 9.36 Å². The largest absolute Gasteiger partial charge is 0.507 e. The van der Waals surface area contributed by atoms with Crippen LogP contribution in [0.15, 0.2) is 57.5 Å². The Labute approximate surface area is 234 Å². The minimum atomic E-state index is -0.641. The van der Waals surface area contributed by atoms with Gasteiger partial charge in [0.1, 0.15) is 5.75 Å². The van der Waals surface area contributed by atoms with Gasteiger partial charge in [-0.25, -0.2) is 9.79 Å². The number of hydrogen-bond donors (Lipinski definition) is 1. The predicted molar refractivity (Wildman–Crippen MR) is 157 cm³/mol. The van der Waals surface area contributed by atoms with Gasteiger partial charge in [-0.05, 0) is 60.9 Å². The molecule has 0 bridgehead atoms. The van der Waals surface area contributed by atoms with Gasteiger partial charge in [-0.15, -0.1) is 0 Å². The van der Waals surface area contributed by atoms with Gasteiger partial charge in [0.15, 0.2) is 4.80 Å². The number of aromatic hydroxyl groups is 1. The molecule has 1 aliphatic heterocycles. The first-order valence-corrected chi connectivity index (χ1v) is 14.1. The van der Waals surface area contributed by atoms with E-state index in [1.807, 2.05) is 49.4 Å². The van der Waals surface area contributed by atoms with Crippen molar-refractivity contribution in [3.05, 3.63) is 95.2 Å². The molecule has 1 unspecified atom stereocenters. The van der Waals surface area contributed by atoms with Crippen LogP contribution in [0.25, 0.3) is 6.08 Å². The number of phenolic OH excluding ortho intramolecular Hbond substituents is 1. The van der Waals surface area contributed by atoms with Crippen molar-refractivity contribution in [3.8, 4) is 5.75 Å². The molecule has 3 aromatic rings. The summed E-state index contributed by atoms with van der Waals surface area (Å²) in [5, 5.41) is 11.1. The van der Waals surface area contributed by atoms with Crippen LogP contribution in [0.2, 0.25) is 0 Å². The maximum Gasteiger partial charge on any atom is 0.338 e. The molecule has 6 nitrogen and oxygen atoms in total. The molecule has 7 heteroatoms. The fourth-order valence-electron chi connectivity index (χ4n) is 4.89. The van der Waals surface area contributed by atoms with Crippen LogP contribution in [0.4, 0.5) is 0 Å². The molecule has 0 saturated carbocycles. The third kappa shape index (κ3) is 5.50. The molecule has 0 amide bonds. The third-order valence-electron chi connectivity index (χ3n) is 6.96. The van der Waals surface area contributed by atoms with Gasteiger partial charge in [0.25, 0.3) is 5.56 Å². The molecule has 1 atom stereocenters. The number of phenols is 1. The number of esters is 1. The summed E-state index contributed by atoms with van der Waals surface area (Å²) in [6.07, 6.45) is 1.86. The average molecular weight is 547 g/mol. The smallest absolute Gasteiger partial charge is 0.338 e. The predicted octanol–water partition coefficient (Wildman–Crippen LogP) is 5.41. The maximum absolute atomic E-state index is 14.0. The number of rotatable bonds is 4. The highest BCUT2D eigenvalue weighted by Crippen LogP contribution is 2.40. The van der Waals surface area contributed by atoms with Crippen LogP contribution in [0, 0.1) is 6.92 Å². The Balaban J connectivity index is 1.99. The molecule has 39 heavy (non-hydrogen) atoms. The fourth-order valence-corrected chi connectivity index (χ4v) is 5.94. The van der Waals surface area contributed by atoms with Crippen molar-refractivity contribution in [2.24, 2.45) is 4.99 Å². The molecule has 206 valence electrons. The minimum Gasteiger partial charge on any atom is -0.507 e. The van der Waals surface area contributed by atoms with Gasteiger partial charge in [0.2, 0.25) is 0 Å². The SMILES string of the molecule is CCOC(=O)C1=C(C)N=c2s/c(=C\c3cc(C(C)(C)C)c(O)c(C(C)(C)C)c3)c(=O)n2C1c1ccc(C)cc1. The molecule has 0 saturated heterocycles. The van der Waals surface area contributed by atoms with Gasteiger partial charge in [0.05, 0.1) is 28.5 Å². The Hall–Kier alpha value is -3.45. The van der Waals surface area contributed by atoms with E-state index >= 15 is 0 Å². The Kier molecular flexibility index (Phi) is 7.52. The zero-order valence-electron chi connectivity index (χ0n) is 24.3. The number of allylic oxidation sites excluding steroid dienone is 1. The van der Waals surface area contributed by atoms with Crippen LogP contribution < -0.4 is 14.9 Å². The molecule has 0 spiro atoms. The first-order chi connectivity index (χ1) is 18.1. The van der Waals surface area contributed by atoms with Crippen molar-refractivity contribution in [3.63, 3.8) is 0 Å². The van der Waals surface area contributed by atoms with E-state index in [1.54, 1.807) is 18.4 Å². The van der Waals surface area contributed by atoms with Crippen LogP contribution in [0.3, 0.4) is 0 Å². The van der Waals surface area contributed by atoms with Crippen molar-refractivity contribution in [2.75, 3.05) is 6.61 Å². The zero-order chi connectivity index (χ0) is 28.9. The van der Waals surface area contributed by atoms with E-state index in [9.17, 15) is 14.7 Å². The molecule has 4 rings (SSSR count). The quantitative estimate of drug-likeness (QED) is 0.444. The van der Waals surface area contributed by atoms with Crippen LogP contribution in [-0.4, -0.2) is 22.2 Å². The van der Waals surface area contributed by atoms with E-state index in [0.29, 0.717) is 26.4 Å². The summed E-state index contributed by atoms with van der Waals surface area (Å²) in [5.41, 5.74) is 4.50. The van der Waals surface area contributed by atoms with Crippen LogP contribution in [0.5, 0.6) is 5.75 Å². The van der Waals surface area contributed by atoms with Crippen LogP contribution in [-0.2, 0) is 20.4 Å². The highest BCUT2D eigenvalue weighted by Gasteiger charge is 2.33. The van der Waals surface area contributed by atoms with Crippen LogP contribution >= 0.6 is 11.3 Å². The number of thiazole rings is 1. The monoisotopic (exact) mass is 546 g/mol. The second-order valence-corrected chi connectivity index (χ2v) is 13.2. The van der Waals surface area contributed by atoms with Crippen molar-refractivity contribution in [1.29, 1.82) is 0 Å². The molecule has 0 aliphatic carbocycles. The third-order valence-corrected chi connectivity index (χ3v) is 7.94. The average Bonchev–Trinajstić information content (AvgIpc) is 3.12. The second kappa shape index (κ2) is 10.3. The lowest BCUT2D eigenvalue weighted by atomic mass is 9.78. The van der Waals surface area contributed by atoms with E-state index in [4.69, 9.17) is 4.74 Å². The topological polar surface area (TPSA) is 80.9 Å². The molecular weight excluding hydrogens is 508 g/mol. The number of carbonyl (C=O) groups excluding carboxylic acids is 1. The van der Waals surface area contributed by atoms with E-state index < -0.39 is 12.0 Å². The van der Waals surface area contributed by atoms with Gasteiger partial charge < -0.3 is 9.84 Å². The number of aromatic nitrogens is 1. The first kappa shape index (κ1) is 28.6. The lowest BCUT2D eigenvalue weighted by molar-refractivity contribution is -0.139. The van der Waals surface area contributed by atoms with Gasteiger partial charge in [0, 0.05) is 11.1 Å². The summed E-state index contributed by atoms with van der Waals surface area (Å²) in [6.45, 7) is 18.2. The first-order valence-electron chi connectivity index (χ1n) is 13.3. The second-order valence-electron chi connectivity index (χ2n) is 12.2. The standard InChI is InChI=1S/C32H38N2O4S/c1-10-38-29(37)25-19(3)33-30-34(26(25)21-13-11-18(2)12-14-21)28(36)24(39-30)17-20-15-22(31(4,5)6)27(35)23(16-20)32(7,8)9/h11-17,26,35H,10H2,1-9H3/b24-17-. The van der Waals surface area contributed by atoms with E-state index in [2.05, 4.69) is 46.5 Å². The molecule has 2 aromatic carbocycles. The summed E-state index contributed by atoms with van der Waals surface area (Å²) in [4.78, 5) is 32.3. The molecule has 1 N–H and O–H groups in total. The maximum atomic E-state index is 14.0. The number of hydrogen-bond acceptors (Lipinski definition) is 6. The van der Waals surface area contributed by atoms with E-state index in [1.165, 1.54) is 11.3 Å². The van der Waals surface area contributed by atoms with Gasteiger partial charge >= 0.3 is 5.97 Å². The molecule has 2 heterocycles. The molecule has 0 radical (unpaired) electrons. The summed E-state index contributed by atoms with van der Waals surface area (Å²) < 4.78 is 7.50. The summed E-state index contributed by atoms with van der Waals surface area (Å²) in [7, 11) is 0. The van der Waals surface area contributed by atoms with Crippen molar-refractivity contribution >= 4 is 23.4 Å². The molecule has 0 fully saturated rings. The normalized spacial score (nSPS) is 16.2. The Bertz CT molecular complexity index is 1610. The summed E-state index contributed by atoms with van der Waals surface area (Å²) in [5.74, 6) is -0.176. The molecule has 1 aliphatic rings. The number of aryl methyl sites for hydroxylation is 1. The Morgan fingerprint density at radius 3 is 2.13 bits per heavy atom. The number of nitrogens with zero attached hydrogens (tertiary/aromatic N) is 2. The lowest BCUT2D eigenvalue weighted by Gasteiger charge is -2.27. The summed E-state index contributed by atoms with van der Waals surface area (Å²) in [6, 6.07) is 11.1. The van der Waals surface area contributed by atoms with E-state index in [-0.39, 0.29) is 23.0 Å². The summed E-state index contributed by atoms with van der Waals surface area (Å²) >= 11 is 1.30. The highest BCUT2D eigenvalue weighted by atomic mass is 32.1. The van der Waals surface area contributed by atoms with Crippen molar-refractivity contribution in [1.82, 2.24) is 4.57 Å². The molecule has 1 aromatic heterocycles. The zero-order valence-corrected chi connectivity index (χ0v) is 25.1. The Morgan fingerprint density at radius 2 is 1.62 bits per heavy atom. The van der Waals surface area contributed by atoms with E-state index in [0.717, 1.165) is 27.8 Å². The number of fused-ring (bicyclic) bond motifs is 1. The van der Waals surface area contributed by atoms with Gasteiger partial charge in [-0.2, -0.15) is 0 Å². The lowest BCUT2D eigenvalue weighted by Crippen LogP contribution is -2.39. The van der Waals surface area contributed by atoms with Crippen molar-refractivity contribution < 1.29 is 14.6 Å². The number of ether oxygens (including phenoxy) is 1. The highest BCUT2D eigenvalue weighted by molar-refractivity contribution is 7.07. The van der Waals surface area contributed by atoms with Gasteiger partial charge in [-0.1, -0.05) is 82.7 Å². The number of carbonyl (C=O) groups is 1. The molecular formula is C32H38N2O4S. The van der Waals surface area contributed by atoms with Crippen LogP contribution in [0.1, 0.15) is 89.2 Å².